The van der Waals surface area contributed by atoms with Crippen LogP contribution in [0.5, 0.6) is 0 Å². The van der Waals surface area contributed by atoms with Crippen molar-refractivity contribution in [3.8, 4) is 0 Å². The summed E-state index contributed by atoms with van der Waals surface area (Å²) in [5.41, 5.74) is 3.29. The van der Waals surface area contributed by atoms with Gasteiger partial charge in [0.15, 0.2) is 0 Å². The molecule has 0 unspecified atom stereocenters. The van der Waals surface area contributed by atoms with Crippen molar-refractivity contribution in [3.05, 3.63) is 59.5 Å². The van der Waals surface area contributed by atoms with Gasteiger partial charge < -0.3 is 0 Å². The lowest BCUT2D eigenvalue weighted by atomic mass is 9.94. The Labute approximate surface area is 97.6 Å². The Kier molecular flexibility index (Phi) is 4.97. The normalized spacial score (nSPS) is 17.2. The summed E-state index contributed by atoms with van der Waals surface area (Å²) in [5, 5.41) is 0. The van der Waals surface area contributed by atoms with Gasteiger partial charge in [0.1, 0.15) is 5.83 Å². The highest BCUT2D eigenvalue weighted by Gasteiger charge is 2.10. The van der Waals surface area contributed by atoms with Crippen LogP contribution in [0.25, 0.3) is 0 Å². The number of hydrogen-bond donors (Lipinski definition) is 0. The minimum Gasteiger partial charge on any atom is -0.207 e. The minimum atomic E-state index is -0.130. The maximum atomic E-state index is 13.4. The average molecular weight is 218 g/mol. The monoisotopic (exact) mass is 218 g/mol. The SMILES string of the molecule is C=C/C(=C\C)C1=CCC=C(F)C=C1CCC. The number of hydrogen-bond acceptors (Lipinski definition) is 0. The highest BCUT2D eigenvalue weighted by atomic mass is 19.1. The molecule has 0 bridgehead atoms. The largest absolute Gasteiger partial charge is 0.207 e. The molecule has 0 aromatic heterocycles. The average Bonchev–Trinajstić information content (AvgIpc) is 2.44. The molecule has 0 saturated heterocycles. The highest BCUT2D eigenvalue weighted by molar-refractivity contribution is 5.53. The number of rotatable bonds is 4. The standard InChI is InChI=1S/C15H19F/c1-4-8-13-11-14(16)9-7-10-15(13)12(5-2)6-3/h5-6,9-11H,2,4,7-8H2,1,3H3/b12-6+. The first-order valence-corrected chi connectivity index (χ1v) is 5.78. The van der Waals surface area contributed by atoms with Crippen molar-refractivity contribution in [3.63, 3.8) is 0 Å². The third kappa shape index (κ3) is 3.06. The van der Waals surface area contributed by atoms with Gasteiger partial charge in [0.05, 0.1) is 0 Å². The molecule has 0 nitrogen and oxygen atoms in total. The molecular formula is C15H19F. The maximum absolute atomic E-state index is 13.4. The molecule has 0 spiro atoms. The molecule has 0 aromatic rings. The van der Waals surface area contributed by atoms with Crippen molar-refractivity contribution in [1.29, 1.82) is 0 Å². The second-order valence-corrected chi connectivity index (χ2v) is 3.81. The van der Waals surface area contributed by atoms with Crippen LogP contribution in [-0.4, -0.2) is 0 Å². The zero-order chi connectivity index (χ0) is 12.0. The lowest BCUT2D eigenvalue weighted by Gasteiger charge is -2.11. The van der Waals surface area contributed by atoms with Crippen molar-refractivity contribution in [2.24, 2.45) is 0 Å². The Morgan fingerprint density at radius 1 is 1.50 bits per heavy atom. The third-order valence-electron chi connectivity index (χ3n) is 2.65. The van der Waals surface area contributed by atoms with Crippen LogP contribution in [0, 0.1) is 0 Å². The van der Waals surface area contributed by atoms with Crippen molar-refractivity contribution in [2.75, 3.05) is 0 Å². The molecule has 0 atom stereocenters. The van der Waals surface area contributed by atoms with E-state index in [9.17, 15) is 4.39 Å². The molecule has 16 heavy (non-hydrogen) atoms. The van der Waals surface area contributed by atoms with E-state index in [0.29, 0.717) is 6.42 Å². The maximum Gasteiger partial charge on any atom is 0.119 e. The van der Waals surface area contributed by atoms with E-state index in [2.05, 4.69) is 19.6 Å². The Bertz CT molecular complexity index is 378. The summed E-state index contributed by atoms with van der Waals surface area (Å²) in [6.45, 7) is 7.89. The molecule has 0 heterocycles. The van der Waals surface area contributed by atoms with Crippen LogP contribution in [0.2, 0.25) is 0 Å². The first-order chi connectivity index (χ1) is 7.72. The third-order valence-corrected chi connectivity index (χ3v) is 2.65. The Hall–Kier alpha value is -1.37. The molecule has 0 aromatic carbocycles. The minimum absolute atomic E-state index is 0.130. The van der Waals surface area contributed by atoms with Crippen molar-refractivity contribution < 1.29 is 4.39 Å². The van der Waals surface area contributed by atoms with Crippen molar-refractivity contribution in [1.82, 2.24) is 0 Å². The van der Waals surface area contributed by atoms with Gasteiger partial charge in [-0.25, -0.2) is 4.39 Å². The highest BCUT2D eigenvalue weighted by Crippen LogP contribution is 2.28. The summed E-state index contributed by atoms with van der Waals surface area (Å²) < 4.78 is 13.4. The predicted molar refractivity (Wildman–Crippen MR) is 68.8 cm³/mol. The first kappa shape index (κ1) is 12.7. The predicted octanol–water partition coefficient (Wildman–Crippen LogP) is 5.03. The summed E-state index contributed by atoms with van der Waals surface area (Å²) in [5.74, 6) is -0.130. The van der Waals surface area contributed by atoms with Gasteiger partial charge in [-0.2, -0.15) is 0 Å². The molecule has 0 saturated carbocycles. The summed E-state index contributed by atoms with van der Waals surface area (Å²) in [4.78, 5) is 0. The van der Waals surface area contributed by atoms with E-state index in [1.807, 2.05) is 19.1 Å². The molecule has 86 valence electrons. The van der Waals surface area contributed by atoms with Crippen LogP contribution in [0.3, 0.4) is 0 Å². The van der Waals surface area contributed by atoms with Gasteiger partial charge in [-0.1, -0.05) is 38.2 Å². The summed E-state index contributed by atoms with van der Waals surface area (Å²) in [6.07, 6.45) is 11.8. The molecule has 1 aliphatic carbocycles. The lowest BCUT2D eigenvalue weighted by Crippen LogP contribution is -1.93. The topological polar surface area (TPSA) is 0 Å². The second kappa shape index (κ2) is 6.26. The molecule has 1 rings (SSSR count). The molecule has 0 fully saturated rings. The van der Waals surface area contributed by atoms with Gasteiger partial charge in [0.2, 0.25) is 0 Å². The zero-order valence-electron chi connectivity index (χ0n) is 10.1. The van der Waals surface area contributed by atoms with E-state index in [4.69, 9.17) is 0 Å². The molecule has 0 amide bonds. The van der Waals surface area contributed by atoms with E-state index in [1.165, 1.54) is 0 Å². The lowest BCUT2D eigenvalue weighted by molar-refractivity contribution is 0.661. The van der Waals surface area contributed by atoms with E-state index in [-0.39, 0.29) is 5.83 Å². The molecule has 1 heteroatoms. The fraction of sp³-hybridized carbons (Fsp3) is 0.333. The number of halogens is 1. The smallest absolute Gasteiger partial charge is 0.119 e. The van der Waals surface area contributed by atoms with Crippen LogP contribution in [0.1, 0.15) is 33.1 Å². The van der Waals surface area contributed by atoms with Gasteiger partial charge in [-0.05, 0) is 48.6 Å². The van der Waals surface area contributed by atoms with Crippen LogP contribution in [-0.2, 0) is 0 Å². The van der Waals surface area contributed by atoms with Crippen LogP contribution in [0.15, 0.2) is 59.5 Å². The molecule has 0 N–H and O–H groups in total. The van der Waals surface area contributed by atoms with E-state index in [0.717, 1.165) is 29.6 Å². The van der Waals surface area contributed by atoms with Crippen LogP contribution < -0.4 is 0 Å². The molecule has 1 aliphatic rings. The van der Waals surface area contributed by atoms with Gasteiger partial charge >= 0.3 is 0 Å². The fourth-order valence-corrected chi connectivity index (χ4v) is 1.89. The number of allylic oxidation sites excluding steroid dienone is 9. The fourth-order valence-electron chi connectivity index (χ4n) is 1.89. The summed E-state index contributed by atoms with van der Waals surface area (Å²) >= 11 is 0. The first-order valence-electron chi connectivity index (χ1n) is 5.78. The van der Waals surface area contributed by atoms with E-state index < -0.39 is 0 Å². The van der Waals surface area contributed by atoms with Crippen LogP contribution in [0.4, 0.5) is 4.39 Å². The summed E-state index contributed by atoms with van der Waals surface area (Å²) in [7, 11) is 0. The Balaban J connectivity index is 3.11. The molecule has 0 radical (unpaired) electrons. The van der Waals surface area contributed by atoms with Gasteiger partial charge in [0.25, 0.3) is 0 Å². The van der Waals surface area contributed by atoms with E-state index >= 15 is 0 Å². The van der Waals surface area contributed by atoms with Crippen molar-refractivity contribution >= 4 is 0 Å². The second-order valence-electron chi connectivity index (χ2n) is 3.81. The quantitative estimate of drug-likeness (QED) is 0.581. The van der Waals surface area contributed by atoms with Crippen molar-refractivity contribution in [2.45, 2.75) is 33.1 Å². The molecular weight excluding hydrogens is 199 g/mol. The van der Waals surface area contributed by atoms with Crippen LogP contribution >= 0.6 is 0 Å². The van der Waals surface area contributed by atoms with E-state index in [1.54, 1.807) is 12.2 Å². The summed E-state index contributed by atoms with van der Waals surface area (Å²) in [6, 6.07) is 0. The molecule has 0 aliphatic heterocycles. The Morgan fingerprint density at radius 2 is 2.25 bits per heavy atom. The Morgan fingerprint density at radius 3 is 2.81 bits per heavy atom. The van der Waals surface area contributed by atoms with Gasteiger partial charge in [-0.3, -0.25) is 0 Å². The van der Waals surface area contributed by atoms with Gasteiger partial charge in [-0.15, -0.1) is 0 Å². The van der Waals surface area contributed by atoms with Gasteiger partial charge in [0, 0.05) is 0 Å². The zero-order valence-corrected chi connectivity index (χ0v) is 10.1.